The van der Waals surface area contributed by atoms with Gasteiger partial charge in [0.15, 0.2) is 0 Å². The summed E-state index contributed by atoms with van der Waals surface area (Å²) in [5.41, 5.74) is 14.4. The number of allylic oxidation sites excluding steroid dienone is 3. The first-order valence-electron chi connectivity index (χ1n) is 11.4. The van der Waals surface area contributed by atoms with Crippen LogP contribution < -0.4 is 17.0 Å². The Kier molecular flexibility index (Phi) is 7.24. The lowest BCUT2D eigenvalue weighted by Crippen LogP contribution is -2.41. The summed E-state index contributed by atoms with van der Waals surface area (Å²) in [7, 11) is 0. The molecule has 0 amide bonds. The van der Waals surface area contributed by atoms with Crippen molar-refractivity contribution >= 4 is 5.76 Å². The fourth-order valence-corrected chi connectivity index (χ4v) is 4.88. The number of β-amino-alcohol motifs (C(OH)–C–C–N with tert-alkyl or cyclic N) is 1. The first-order chi connectivity index (χ1) is 15.6. The second-order valence-corrected chi connectivity index (χ2v) is 8.57. The molecule has 0 aromatic carbocycles. The van der Waals surface area contributed by atoms with Crippen molar-refractivity contribution in [3.05, 3.63) is 69.8 Å². The van der Waals surface area contributed by atoms with Gasteiger partial charge in [-0.05, 0) is 68.3 Å². The van der Waals surface area contributed by atoms with Gasteiger partial charge >= 0.3 is 0 Å². The van der Waals surface area contributed by atoms with Crippen molar-refractivity contribution in [1.82, 2.24) is 14.7 Å². The molecule has 172 valence electrons. The molecule has 1 fully saturated rings. The summed E-state index contributed by atoms with van der Waals surface area (Å²) in [4.78, 5) is 14.6. The summed E-state index contributed by atoms with van der Waals surface area (Å²) in [6.45, 7) is 2.70. The number of ether oxygens (including phenoxy) is 1. The lowest BCUT2D eigenvalue weighted by molar-refractivity contribution is 0.0925. The normalized spacial score (nSPS) is 24.5. The number of aliphatic hydroxyl groups is 1. The lowest BCUT2D eigenvalue weighted by Gasteiger charge is -2.31. The number of hydrogen-bond donors (Lipinski definition) is 3. The number of likely N-dealkylation sites (tertiary alicyclic amines) is 1. The number of rotatable bonds is 8. The van der Waals surface area contributed by atoms with Crippen LogP contribution in [0.2, 0.25) is 0 Å². The third-order valence-electron chi connectivity index (χ3n) is 6.41. The second-order valence-electron chi connectivity index (χ2n) is 8.57. The van der Waals surface area contributed by atoms with Crippen LogP contribution in [0.4, 0.5) is 0 Å². The quantitative estimate of drug-likeness (QED) is 0.555. The highest BCUT2D eigenvalue weighted by Gasteiger charge is 2.37. The van der Waals surface area contributed by atoms with E-state index in [2.05, 4.69) is 28.2 Å². The standard InChI is InChI=1S/C24H33N5O3/c25-11-9-17(14-26)19-4-3-5-22-20(19)10-12-28(22)15-18(30)16-29-24(31)8-7-21(27-29)23-6-1-2-13-32-23/h3-8,14,18,20,22,30H,1-2,9-13,15-16,25-26H2/b17-14+. The van der Waals surface area contributed by atoms with Crippen molar-refractivity contribution in [2.75, 3.05) is 26.2 Å². The molecule has 5 N–H and O–H groups in total. The molecular formula is C24H33N5O3. The van der Waals surface area contributed by atoms with E-state index in [-0.39, 0.29) is 18.1 Å². The lowest BCUT2D eigenvalue weighted by atomic mass is 9.82. The summed E-state index contributed by atoms with van der Waals surface area (Å²) in [6.07, 6.45) is 13.0. The SMILES string of the molecule is N/C=C(\CCN)C1=CC=CC2C1CCN2CC(O)Cn1nc(C2=CCCCO2)ccc1=O. The van der Waals surface area contributed by atoms with Crippen molar-refractivity contribution in [2.24, 2.45) is 17.4 Å². The molecule has 0 saturated carbocycles. The van der Waals surface area contributed by atoms with Crippen molar-refractivity contribution in [3.63, 3.8) is 0 Å². The van der Waals surface area contributed by atoms with E-state index in [0.29, 0.717) is 37.1 Å². The molecule has 0 bridgehead atoms. The van der Waals surface area contributed by atoms with Crippen molar-refractivity contribution in [1.29, 1.82) is 0 Å². The maximum absolute atomic E-state index is 12.3. The number of nitrogens with zero attached hydrogens (tertiary/aromatic N) is 3. The number of fused-ring (bicyclic) bond motifs is 1. The Balaban J connectivity index is 1.42. The molecule has 3 unspecified atom stereocenters. The van der Waals surface area contributed by atoms with Crippen LogP contribution in [-0.2, 0) is 11.3 Å². The molecule has 3 aliphatic rings. The second kappa shape index (κ2) is 10.3. The zero-order valence-electron chi connectivity index (χ0n) is 18.4. The Morgan fingerprint density at radius 3 is 3.00 bits per heavy atom. The summed E-state index contributed by atoms with van der Waals surface area (Å²) in [6, 6.07) is 3.37. The first-order valence-corrected chi connectivity index (χ1v) is 11.4. The molecule has 0 radical (unpaired) electrons. The van der Waals surface area contributed by atoms with E-state index in [1.54, 1.807) is 12.3 Å². The van der Waals surface area contributed by atoms with Crippen LogP contribution in [0.15, 0.2) is 58.6 Å². The molecule has 8 heteroatoms. The van der Waals surface area contributed by atoms with Crippen LogP contribution in [0, 0.1) is 5.92 Å². The zero-order chi connectivity index (χ0) is 22.5. The van der Waals surface area contributed by atoms with E-state index in [0.717, 1.165) is 37.8 Å². The maximum Gasteiger partial charge on any atom is 0.266 e. The highest BCUT2D eigenvalue weighted by atomic mass is 16.5. The largest absolute Gasteiger partial charge is 0.492 e. The fourth-order valence-electron chi connectivity index (χ4n) is 4.88. The van der Waals surface area contributed by atoms with Crippen molar-refractivity contribution < 1.29 is 9.84 Å². The third kappa shape index (κ3) is 4.87. The highest BCUT2D eigenvalue weighted by molar-refractivity contribution is 5.55. The van der Waals surface area contributed by atoms with Gasteiger partial charge in [-0.1, -0.05) is 18.2 Å². The maximum atomic E-state index is 12.3. The van der Waals surface area contributed by atoms with Crippen LogP contribution in [0.1, 0.15) is 31.4 Å². The Morgan fingerprint density at radius 1 is 1.38 bits per heavy atom. The predicted octanol–water partition coefficient (Wildman–Crippen LogP) is 1.13. The smallest absolute Gasteiger partial charge is 0.266 e. The summed E-state index contributed by atoms with van der Waals surface area (Å²) >= 11 is 0. The van der Waals surface area contributed by atoms with Gasteiger partial charge in [-0.2, -0.15) is 5.10 Å². The monoisotopic (exact) mass is 439 g/mol. The Hall–Kier alpha value is -2.68. The van der Waals surface area contributed by atoms with E-state index in [9.17, 15) is 9.90 Å². The van der Waals surface area contributed by atoms with Crippen LogP contribution in [-0.4, -0.2) is 58.2 Å². The van der Waals surface area contributed by atoms with E-state index < -0.39 is 6.10 Å². The van der Waals surface area contributed by atoms with E-state index >= 15 is 0 Å². The van der Waals surface area contributed by atoms with Crippen LogP contribution in [0.25, 0.3) is 5.76 Å². The van der Waals surface area contributed by atoms with Gasteiger partial charge < -0.3 is 21.3 Å². The molecule has 3 heterocycles. The van der Waals surface area contributed by atoms with Crippen LogP contribution in [0.3, 0.4) is 0 Å². The van der Waals surface area contributed by atoms with Crippen LogP contribution >= 0.6 is 0 Å². The minimum absolute atomic E-state index is 0.140. The van der Waals surface area contributed by atoms with Gasteiger partial charge in [0.05, 0.1) is 19.3 Å². The van der Waals surface area contributed by atoms with Gasteiger partial charge in [0.25, 0.3) is 5.56 Å². The Bertz CT molecular complexity index is 994. The number of aliphatic hydroxyl groups excluding tert-OH is 1. The molecule has 8 nitrogen and oxygen atoms in total. The van der Waals surface area contributed by atoms with Gasteiger partial charge in [-0.25, -0.2) is 4.68 Å². The summed E-state index contributed by atoms with van der Waals surface area (Å²) < 4.78 is 7.00. The van der Waals surface area contributed by atoms with Crippen molar-refractivity contribution in [2.45, 2.75) is 44.4 Å². The Morgan fingerprint density at radius 2 is 2.25 bits per heavy atom. The number of nitrogens with two attached hydrogens (primary N) is 2. The van der Waals surface area contributed by atoms with Crippen molar-refractivity contribution in [3.8, 4) is 0 Å². The molecule has 0 spiro atoms. The van der Waals surface area contributed by atoms with E-state index in [4.69, 9.17) is 16.2 Å². The van der Waals surface area contributed by atoms with Crippen LogP contribution in [0.5, 0.6) is 0 Å². The number of aromatic nitrogens is 2. The molecule has 1 aromatic rings. The van der Waals surface area contributed by atoms with Gasteiger partial charge in [-0.3, -0.25) is 9.69 Å². The van der Waals surface area contributed by atoms with Gasteiger partial charge in [0.2, 0.25) is 0 Å². The minimum atomic E-state index is -0.716. The average molecular weight is 440 g/mol. The van der Waals surface area contributed by atoms with E-state index in [1.807, 2.05) is 6.08 Å². The molecule has 1 saturated heterocycles. The average Bonchev–Trinajstić information content (AvgIpc) is 3.22. The third-order valence-corrected chi connectivity index (χ3v) is 6.41. The minimum Gasteiger partial charge on any atom is -0.492 e. The predicted molar refractivity (Wildman–Crippen MR) is 124 cm³/mol. The van der Waals surface area contributed by atoms with Gasteiger partial charge in [0.1, 0.15) is 11.5 Å². The fraction of sp³-hybridized carbons (Fsp3) is 0.500. The highest BCUT2D eigenvalue weighted by Crippen LogP contribution is 2.38. The zero-order valence-corrected chi connectivity index (χ0v) is 18.4. The molecule has 3 atom stereocenters. The molecule has 32 heavy (non-hydrogen) atoms. The topological polar surface area (TPSA) is 120 Å². The summed E-state index contributed by atoms with van der Waals surface area (Å²) in [5.74, 6) is 1.04. The molecule has 1 aliphatic carbocycles. The molecule has 2 aliphatic heterocycles. The Labute approximate surface area is 188 Å². The van der Waals surface area contributed by atoms with Gasteiger partial charge in [-0.15, -0.1) is 0 Å². The first kappa shape index (κ1) is 22.5. The molecule has 4 rings (SSSR count). The molecular weight excluding hydrogens is 406 g/mol. The van der Waals surface area contributed by atoms with Gasteiger partial charge in [0, 0.05) is 24.6 Å². The molecule has 1 aromatic heterocycles. The number of hydrogen-bond acceptors (Lipinski definition) is 7. The van der Waals surface area contributed by atoms with E-state index in [1.165, 1.54) is 16.3 Å². The summed E-state index contributed by atoms with van der Waals surface area (Å²) in [5, 5.41) is 15.2.